The van der Waals surface area contributed by atoms with E-state index in [1.165, 1.54) is 6.33 Å². The molecule has 0 saturated heterocycles. The largest absolute Gasteiger partial charge is 0.432 e. The summed E-state index contributed by atoms with van der Waals surface area (Å²) in [6, 6.07) is 7.03. The molecule has 0 spiro atoms. The van der Waals surface area contributed by atoms with Crippen molar-refractivity contribution in [1.82, 2.24) is 9.97 Å². The second kappa shape index (κ2) is 6.29. The maximum absolute atomic E-state index is 11.2. The monoisotopic (exact) mass is 338 g/mol. The number of nitrogens with zero attached hydrogens (tertiary/aromatic N) is 3. The SMILES string of the molecule is CCNc1ncnc(Oc2ccccc2Br)c1[N+](=O)[O-]. The van der Waals surface area contributed by atoms with Crippen LogP contribution in [0.3, 0.4) is 0 Å². The average Bonchev–Trinajstić information content (AvgIpc) is 2.41. The predicted octanol–water partition coefficient (Wildman–Crippen LogP) is 3.37. The molecule has 0 aliphatic rings. The van der Waals surface area contributed by atoms with Crippen molar-refractivity contribution in [2.45, 2.75) is 6.92 Å². The van der Waals surface area contributed by atoms with E-state index in [4.69, 9.17) is 4.74 Å². The Labute approximate surface area is 123 Å². The molecule has 1 N–H and O–H groups in total. The summed E-state index contributed by atoms with van der Waals surface area (Å²) in [6.45, 7) is 2.33. The molecule has 0 fully saturated rings. The Morgan fingerprint density at radius 3 is 2.80 bits per heavy atom. The summed E-state index contributed by atoms with van der Waals surface area (Å²) in [5, 5.41) is 14.0. The zero-order valence-electron chi connectivity index (χ0n) is 10.5. The number of nitrogens with one attached hydrogen (secondary N) is 1. The van der Waals surface area contributed by atoms with Gasteiger partial charge in [0, 0.05) is 6.54 Å². The van der Waals surface area contributed by atoms with Crippen molar-refractivity contribution < 1.29 is 9.66 Å². The molecule has 0 aliphatic carbocycles. The average molecular weight is 339 g/mol. The molecule has 0 atom stereocenters. The first kappa shape index (κ1) is 14.2. The number of halogens is 1. The normalized spacial score (nSPS) is 10.1. The Balaban J connectivity index is 2.44. The fourth-order valence-corrected chi connectivity index (χ4v) is 1.90. The summed E-state index contributed by atoms with van der Waals surface area (Å²) < 4.78 is 6.19. The number of hydrogen-bond acceptors (Lipinski definition) is 6. The van der Waals surface area contributed by atoms with Gasteiger partial charge in [0.2, 0.25) is 5.82 Å². The first-order valence-corrected chi connectivity index (χ1v) is 6.58. The van der Waals surface area contributed by atoms with E-state index in [9.17, 15) is 10.1 Å². The van der Waals surface area contributed by atoms with Crippen molar-refractivity contribution in [3.63, 3.8) is 0 Å². The van der Waals surface area contributed by atoms with Gasteiger partial charge in [-0.05, 0) is 35.0 Å². The van der Waals surface area contributed by atoms with E-state index in [0.29, 0.717) is 16.8 Å². The van der Waals surface area contributed by atoms with Gasteiger partial charge in [-0.25, -0.2) is 4.98 Å². The van der Waals surface area contributed by atoms with Crippen LogP contribution < -0.4 is 10.1 Å². The van der Waals surface area contributed by atoms with E-state index in [1.807, 2.05) is 13.0 Å². The highest BCUT2D eigenvalue weighted by molar-refractivity contribution is 9.10. The van der Waals surface area contributed by atoms with Crippen molar-refractivity contribution in [1.29, 1.82) is 0 Å². The van der Waals surface area contributed by atoms with E-state index in [0.717, 1.165) is 0 Å². The van der Waals surface area contributed by atoms with Crippen LogP contribution in [0.2, 0.25) is 0 Å². The van der Waals surface area contributed by atoms with Crippen LogP contribution in [0.5, 0.6) is 11.6 Å². The third-order valence-electron chi connectivity index (χ3n) is 2.36. The summed E-state index contributed by atoms with van der Waals surface area (Å²) in [5.41, 5.74) is -0.287. The molecule has 0 amide bonds. The smallest absolute Gasteiger partial charge is 0.373 e. The maximum atomic E-state index is 11.2. The first-order chi connectivity index (χ1) is 9.63. The summed E-state index contributed by atoms with van der Waals surface area (Å²) in [5.74, 6) is 0.471. The number of rotatable bonds is 5. The van der Waals surface area contributed by atoms with Gasteiger partial charge in [0.25, 0.3) is 0 Å². The van der Waals surface area contributed by atoms with Gasteiger partial charge < -0.3 is 10.1 Å². The van der Waals surface area contributed by atoms with E-state index in [1.54, 1.807) is 18.2 Å². The minimum atomic E-state index is -0.565. The van der Waals surface area contributed by atoms with E-state index in [-0.39, 0.29) is 17.4 Å². The molecule has 2 aromatic rings. The van der Waals surface area contributed by atoms with E-state index >= 15 is 0 Å². The zero-order valence-corrected chi connectivity index (χ0v) is 12.1. The lowest BCUT2D eigenvalue weighted by Crippen LogP contribution is -2.06. The molecule has 0 aliphatic heterocycles. The predicted molar refractivity (Wildman–Crippen MR) is 77.1 cm³/mol. The van der Waals surface area contributed by atoms with Crippen molar-refractivity contribution in [2.24, 2.45) is 0 Å². The van der Waals surface area contributed by atoms with Crippen LogP contribution >= 0.6 is 15.9 Å². The molecule has 0 radical (unpaired) electrons. The van der Waals surface area contributed by atoms with E-state index in [2.05, 4.69) is 31.2 Å². The lowest BCUT2D eigenvalue weighted by atomic mass is 10.3. The Kier molecular flexibility index (Phi) is 4.46. The van der Waals surface area contributed by atoms with Crippen LogP contribution in [0, 0.1) is 10.1 Å². The number of aromatic nitrogens is 2. The Hall–Kier alpha value is -2.22. The molecule has 0 unspecified atom stereocenters. The van der Waals surface area contributed by atoms with Crippen molar-refractivity contribution in [3.05, 3.63) is 45.2 Å². The maximum Gasteiger partial charge on any atom is 0.373 e. The van der Waals surface area contributed by atoms with Crippen molar-refractivity contribution >= 4 is 27.4 Å². The molecule has 0 bridgehead atoms. The summed E-state index contributed by atoms with van der Waals surface area (Å²) in [6.07, 6.45) is 1.22. The van der Waals surface area contributed by atoms with Gasteiger partial charge in [0.15, 0.2) is 0 Å². The van der Waals surface area contributed by atoms with Crippen LogP contribution in [-0.2, 0) is 0 Å². The molecule has 0 saturated carbocycles. The van der Waals surface area contributed by atoms with Gasteiger partial charge in [-0.2, -0.15) is 4.98 Å². The number of para-hydroxylation sites is 1. The summed E-state index contributed by atoms with van der Waals surface area (Å²) in [4.78, 5) is 18.3. The van der Waals surface area contributed by atoms with Gasteiger partial charge in [0.05, 0.1) is 9.40 Å². The van der Waals surface area contributed by atoms with Gasteiger partial charge in [-0.1, -0.05) is 12.1 Å². The number of ether oxygens (including phenoxy) is 1. The van der Waals surface area contributed by atoms with Gasteiger partial charge >= 0.3 is 11.6 Å². The minimum Gasteiger partial charge on any atom is -0.432 e. The Morgan fingerprint density at radius 1 is 1.40 bits per heavy atom. The van der Waals surface area contributed by atoms with Gasteiger partial charge in [0.1, 0.15) is 12.1 Å². The molecule has 7 nitrogen and oxygen atoms in total. The van der Waals surface area contributed by atoms with Crippen LogP contribution in [0.4, 0.5) is 11.5 Å². The van der Waals surface area contributed by atoms with Crippen LogP contribution in [0.15, 0.2) is 35.1 Å². The van der Waals surface area contributed by atoms with Crippen molar-refractivity contribution in [3.8, 4) is 11.6 Å². The molecule has 1 aromatic carbocycles. The number of hydrogen-bond donors (Lipinski definition) is 1. The molecule has 104 valence electrons. The molecular formula is C12H11BrN4O3. The molecule has 2 rings (SSSR count). The minimum absolute atomic E-state index is 0.104. The lowest BCUT2D eigenvalue weighted by Gasteiger charge is -2.09. The van der Waals surface area contributed by atoms with Crippen LogP contribution in [-0.4, -0.2) is 21.4 Å². The number of nitro groups is 1. The second-order valence-electron chi connectivity index (χ2n) is 3.70. The topological polar surface area (TPSA) is 90.2 Å². The zero-order chi connectivity index (χ0) is 14.5. The lowest BCUT2D eigenvalue weighted by molar-refractivity contribution is -0.385. The molecule has 20 heavy (non-hydrogen) atoms. The molecule has 1 heterocycles. The third-order valence-corrected chi connectivity index (χ3v) is 3.01. The first-order valence-electron chi connectivity index (χ1n) is 5.79. The third kappa shape index (κ3) is 3.02. The van der Waals surface area contributed by atoms with Gasteiger partial charge in [-0.15, -0.1) is 0 Å². The quantitative estimate of drug-likeness (QED) is 0.663. The molecular weight excluding hydrogens is 328 g/mol. The van der Waals surface area contributed by atoms with Crippen LogP contribution in [0.25, 0.3) is 0 Å². The highest BCUT2D eigenvalue weighted by Gasteiger charge is 2.24. The van der Waals surface area contributed by atoms with Crippen LogP contribution in [0.1, 0.15) is 6.92 Å². The summed E-state index contributed by atoms with van der Waals surface area (Å²) in [7, 11) is 0. The highest BCUT2D eigenvalue weighted by atomic mass is 79.9. The standard InChI is InChI=1S/C12H11BrN4O3/c1-2-14-11-10(17(18)19)12(16-7-15-11)20-9-6-4-3-5-8(9)13/h3-7H,2H2,1H3,(H,14,15,16). The summed E-state index contributed by atoms with van der Waals surface area (Å²) >= 11 is 3.31. The number of benzene rings is 1. The fourth-order valence-electron chi connectivity index (χ4n) is 1.53. The second-order valence-corrected chi connectivity index (χ2v) is 4.55. The molecule has 8 heteroatoms. The number of anilines is 1. The van der Waals surface area contributed by atoms with E-state index < -0.39 is 4.92 Å². The fraction of sp³-hybridized carbons (Fsp3) is 0.167. The molecule has 1 aromatic heterocycles. The Bertz CT molecular complexity index is 636. The Morgan fingerprint density at radius 2 is 2.15 bits per heavy atom. The van der Waals surface area contributed by atoms with Gasteiger partial charge in [-0.3, -0.25) is 10.1 Å². The van der Waals surface area contributed by atoms with Crippen molar-refractivity contribution in [2.75, 3.05) is 11.9 Å². The highest BCUT2D eigenvalue weighted by Crippen LogP contribution is 2.36.